The van der Waals surface area contributed by atoms with Gasteiger partial charge in [0.15, 0.2) is 0 Å². The van der Waals surface area contributed by atoms with Crippen LogP contribution < -0.4 is 0 Å². The summed E-state index contributed by atoms with van der Waals surface area (Å²) in [6, 6.07) is 4.65. The Kier molecular flexibility index (Phi) is 6.26. The number of ether oxygens (including phenoxy) is 2. The van der Waals surface area contributed by atoms with Crippen molar-refractivity contribution in [1.29, 1.82) is 0 Å². The summed E-state index contributed by atoms with van der Waals surface area (Å²) in [5.74, 6) is 2.95. The molecule has 4 aliphatic carbocycles. The van der Waals surface area contributed by atoms with Crippen LogP contribution in [0.3, 0.4) is 0 Å². The first kappa shape index (κ1) is 21.3. The predicted octanol–water partition coefficient (Wildman–Crippen LogP) is 5.37. The molecule has 6 unspecified atom stereocenters. The highest BCUT2D eigenvalue weighted by molar-refractivity contribution is 7.94. The summed E-state index contributed by atoms with van der Waals surface area (Å²) in [5, 5.41) is 8.82. The molecule has 6 atom stereocenters. The molecule has 4 aliphatic rings. The van der Waals surface area contributed by atoms with Crippen LogP contribution in [-0.2, 0) is 13.8 Å². The quantitative estimate of drug-likeness (QED) is 0.249. The lowest BCUT2D eigenvalue weighted by Gasteiger charge is -2.21. The largest absolute Gasteiger partial charge is 0.462 e. The first-order valence-corrected chi connectivity index (χ1v) is 12.3. The second-order valence-corrected chi connectivity index (χ2v) is 10.8. The smallest absolute Gasteiger partial charge is 0.338 e. The number of rotatable bonds is 8. The molecule has 7 heteroatoms. The van der Waals surface area contributed by atoms with E-state index >= 15 is 0 Å². The van der Waals surface area contributed by atoms with Crippen LogP contribution in [0.4, 0.5) is 0 Å². The van der Waals surface area contributed by atoms with Gasteiger partial charge in [-0.25, -0.2) is 14.8 Å². The summed E-state index contributed by atoms with van der Waals surface area (Å²) in [7, 11) is 0. The molecule has 0 saturated heterocycles. The Balaban J connectivity index is 1.22. The summed E-state index contributed by atoms with van der Waals surface area (Å²) in [6.07, 6.45) is 9.92. The number of hydrogen-bond donors (Lipinski definition) is 1. The van der Waals surface area contributed by atoms with Gasteiger partial charge in [0.05, 0.1) is 36.4 Å². The number of carbonyl (C=O) groups excluding carboxylic acids is 2. The topological polar surface area (TPSA) is 82.1 Å². The third-order valence-electron chi connectivity index (χ3n) is 8.14. The van der Waals surface area contributed by atoms with E-state index in [1.165, 1.54) is 44.6 Å². The maximum absolute atomic E-state index is 12.7. The third-order valence-corrected chi connectivity index (χ3v) is 8.64. The first-order chi connectivity index (χ1) is 15.1. The van der Waals surface area contributed by atoms with Gasteiger partial charge in [0.2, 0.25) is 0 Å². The zero-order valence-electron chi connectivity index (χ0n) is 17.7. The van der Waals surface area contributed by atoms with Crippen molar-refractivity contribution in [3.05, 3.63) is 29.3 Å². The Morgan fingerprint density at radius 1 is 0.806 bits per heavy atom. The molecule has 0 heterocycles. The summed E-state index contributed by atoms with van der Waals surface area (Å²) >= 11 is 0.685. The molecular formula is C24H30O6S. The van der Waals surface area contributed by atoms with Crippen molar-refractivity contribution >= 4 is 24.0 Å². The van der Waals surface area contributed by atoms with Crippen LogP contribution >= 0.6 is 12.0 Å². The van der Waals surface area contributed by atoms with Crippen molar-refractivity contribution in [2.24, 2.45) is 35.5 Å². The Morgan fingerprint density at radius 2 is 1.32 bits per heavy atom. The minimum Gasteiger partial charge on any atom is -0.462 e. The molecule has 0 aromatic heterocycles. The van der Waals surface area contributed by atoms with Crippen LogP contribution in [0.1, 0.15) is 72.1 Å². The van der Waals surface area contributed by atoms with E-state index in [0.29, 0.717) is 53.8 Å². The van der Waals surface area contributed by atoms with Gasteiger partial charge in [-0.1, -0.05) is 12.8 Å². The second-order valence-electron chi connectivity index (χ2n) is 9.97. The lowest BCUT2D eigenvalue weighted by Crippen LogP contribution is -2.20. The van der Waals surface area contributed by atoms with E-state index in [2.05, 4.69) is 4.33 Å². The van der Waals surface area contributed by atoms with Crippen molar-refractivity contribution in [3.8, 4) is 0 Å². The molecule has 1 aromatic rings. The van der Waals surface area contributed by atoms with Crippen LogP contribution in [0.5, 0.6) is 0 Å². The van der Waals surface area contributed by atoms with Gasteiger partial charge in [-0.05, 0) is 92.2 Å². The highest BCUT2D eigenvalue weighted by atomic mass is 32.2. The SMILES string of the molecule is O=C(OCC1CC2CCC1C2)c1cc(SOO)cc(C(=O)OCC2CC3CCC2C3)c1. The van der Waals surface area contributed by atoms with Gasteiger partial charge in [0, 0.05) is 4.90 Å². The van der Waals surface area contributed by atoms with Crippen molar-refractivity contribution in [2.75, 3.05) is 13.2 Å². The molecule has 4 bridgehead atoms. The van der Waals surface area contributed by atoms with E-state index in [4.69, 9.17) is 14.7 Å². The molecule has 0 radical (unpaired) electrons. The highest BCUT2D eigenvalue weighted by Gasteiger charge is 2.41. The fraction of sp³-hybridized carbons (Fsp3) is 0.667. The lowest BCUT2D eigenvalue weighted by atomic mass is 9.89. The lowest BCUT2D eigenvalue weighted by molar-refractivity contribution is -0.116. The van der Waals surface area contributed by atoms with E-state index in [1.807, 2.05) is 0 Å². The van der Waals surface area contributed by atoms with Gasteiger partial charge in [-0.2, -0.15) is 4.33 Å². The molecule has 1 N–H and O–H groups in total. The average Bonchev–Trinajstić information content (AvgIpc) is 3.57. The maximum atomic E-state index is 12.7. The molecular weight excluding hydrogens is 416 g/mol. The molecule has 0 amide bonds. The molecule has 5 rings (SSSR count). The Morgan fingerprint density at radius 3 is 1.71 bits per heavy atom. The van der Waals surface area contributed by atoms with Gasteiger partial charge < -0.3 is 9.47 Å². The van der Waals surface area contributed by atoms with Crippen molar-refractivity contribution in [1.82, 2.24) is 0 Å². The number of hydrogen-bond acceptors (Lipinski definition) is 7. The van der Waals surface area contributed by atoms with Crippen molar-refractivity contribution < 1.29 is 28.7 Å². The standard InChI is InChI=1S/C24H30O6S/c25-23(28-12-20-7-14-1-3-16(20)5-14)18-9-19(11-22(10-18)31-30-27)24(26)29-13-21-8-15-2-4-17(21)6-15/h9-11,14-17,20-21,27H,1-8,12-13H2. The van der Waals surface area contributed by atoms with Crippen molar-refractivity contribution in [2.45, 2.75) is 56.3 Å². The van der Waals surface area contributed by atoms with Crippen molar-refractivity contribution in [3.63, 3.8) is 0 Å². The molecule has 4 saturated carbocycles. The van der Waals surface area contributed by atoms with Crippen LogP contribution in [0, 0.1) is 35.5 Å². The molecule has 6 nitrogen and oxygen atoms in total. The molecule has 0 aliphatic heterocycles. The van der Waals surface area contributed by atoms with Crippen LogP contribution in [0.25, 0.3) is 0 Å². The average molecular weight is 447 g/mol. The van der Waals surface area contributed by atoms with Gasteiger partial charge in [0.1, 0.15) is 0 Å². The summed E-state index contributed by atoms with van der Waals surface area (Å²) in [4.78, 5) is 25.9. The number of fused-ring (bicyclic) bond motifs is 4. The fourth-order valence-electron chi connectivity index (χ4n) is 6.62. The van der Waals surface area contributed by atoms with E-state index in [1.54, 1.807) is 12.1 Å². The molecule has 1 aromatic carbocycles. The van der Waals surface area contributed by atoms with Gasteiger partial charge in [0.25, 0.3) is 0 Å². The van der Waals surface area contributed by atoms with Gasteiger partial charge in [-0.15, -0.1) is 0 Å². The Bertz CT molecular complexity index is 779. The van der Waals surface area contributed by atoms with Gasteiger partial charge >= 0.3 is 11.9 Å². The van der Waals surface area contributed by atoms with E-state index in [-0.39, 0.29) is 11.1 Å². The molecule has 168 valence electrons. The monoisotopic (exact) mass is 446 g/mol. The Hall–Kier alpha value is -1.57. The zero-order valence-corrected chi connectivity index (χ0v) is 18.5. The summed E-state index contributed by atoms with van der Waals surface area (Å²) in [6.45, 7) is 0.857. The minimum absolute atomic E-state index is 0.275. The predicted molar refractivity (Wildman–Crippen MR) is 114 cm³/mol. The van der Waals surface area contributed by atoms with Crippen LogP contribution in [-0.4, -0.2) is 30.4 Å². The Labute approximate surface area is 187 Å². The molecule has 0 spiro atoms. The van der Waals surface area contributed by atoms with E-state index in [9.17, 15) is 9.59 Å². The fourth-order valence-corrected chi connectivity index (χ4v) is 7.06. The summed E-state index contributed by atoms with van der Waals surface area (Å²) < 4.78 is 15.4. The number of benzene rings is 1. The highest BCUT2D eigenvalue weighted by Crippen LogP contribution is 2.49. The molecule has 4 fully saturated rings. The van der Waals surface area contributed by atoms with Gasteiger partial charge in [-0.3, -0.25) is 0 Å². The van der Waals surface area contributed by atoms with E-state index < -0.39 is 11.9 Å². The van der Waals surface area contributed by atoms with E-state index in [0.717, 1.165) is 24.7 Å². The number of carbonyl (C=O) groups is 2. The molecule has 31 heavy (non-hydrogen) atoms. The summed E-state index contributed by atoms with van der Waals surface area (Å²) in [5.41, 5.74) is 0.550. The first-order valence-electron chi connectivity index (χ1n) is 11.6. The third kappa shape index (κ3) is 4.64. The van der Waals surface area contributed by atoms with Crippen LogP contribution in [0.15, 0.2) is 23.1 Å². The minimum atomic E-state index is -0.453. The maximum Gasteiger partial charge on any atom is 0.338 e. The van der Waals surface area contributed by atoms with Crippen LogP contribution in [0.2, 0.25) is 0 Å². The zero-order chi connectivity index (χ0) is 21.4. The number of esters is 2. The second kappa shape index (κ2) is 9.12. The normalized spacial score (nSPS) is 33.1.